The molecule has 1 aliphatic carbocycles. The minimum atomic E-state index is 0.135. The van der Waals surface area contributed by atoms with E-state index < -0.39 is 0 Å². The molecule has 92 valence electrons. The topological polar surface area (TPSA) is 57.8 Å². The molecule has 0 radical (unpaired) electrons. The highest BCUT2D eigenvalue weighted by molar-refractivity contribution is 5.82. The van der Waals surface area contributed by atoms with Crippen LogP contribution in [0.2, 0.25) is 0 Å². The van der Waals surface area contributed by atoms with Gasteiger partial charge in [-0.1, -0.05) is 30.3 Å². The van der Waals surface area contributed by atoms with Crippen molar-refractivity contribution in [3.05, 3.63) is 53.9 Å². The number of nitrogens with zero attached hydrogens (tertiary/aromatic N) is 1. The molecule has 1 aliphatic rings. The highest BCUT2D eigenvalue weighted by Crippen LogP contribution is 2.47. The molecule has 2 atom stereocenters. The van der Waals surface area contributed by atoms with Crippen molar-refractivity contribution in [2.24, 2.45) is 5.92 Å². The third-order valence-corrected chi connectivity index (χ3v) is 3.37. The van der Waals surface area contributed by atoms with Crippen molar-refractivity contribution in [3.8, 4) is 0 Å². The number of hydrogen-bond donors (Lipinski definition) is 2. The zero-order valence-electron chi connectivity index (χ0n) is 9.97. The third-order valence-electron chi connectivity index (χ3n) is 3.37. The summed E-state index contributed by atoms with van der Waals surface area (Å²) in [5.74, 6) is 0.668. The molecule has 0 saturated heterocycles. The Morgan fingerprint density at radius 3 is 2.89 bits per heavy atom. The number of carbonyl (C=O) groups is 1. The SMILES string of the molecule is O=C(NCc1ccn[nH]1)C1CC1c1ccccc1. The summed E-state index contributed by atoms with van der Waals surface area (Å²) in [7, 11) is 0. The van der Waals surface area contributed by atoms with Crippen LogP contribution in [0.4, 0.5) is 0 Å². The van der Waals surface area contributed by atoms with E-state index in [0.717, 1.165) is 12.1 Å². The molecule has 2 N–H and O–H groups in total. The van der Waals surface area contributed by atoms with Gasteiger partial charge in [0.1, 0.15) is 0 Å². The number of carbonyl (C=O) groups excluding carboxylic acids is 1. The van der Waals surface area contributed by atoms with Crippen LogP contribution in [0, 0.1) is 5.92 Å². The van der Waals surface area contributed by atoms with E-state index in [2.05, 4.69) is 27.6 Å². The van der Waals surface area contributed by atoms with Crippen LogP contribution in [0.5, 0.6) is 0 Å². The van der Waals surface area contributed by atoms with Crippen LogP contribution >= 0.6 is 0 Å². The van der Waals surface area contributed by atoms with E-state index in [1.54, 1.807) is 6.20 Å². The number of hydrogen-bond acceptors (Lipinski definition) is 2. The predicted molar refractivity (Wildman–Crippen MR) is 67.7 cm³/mol. The van der Waals surface area contributed by atoms with E-state index in [9.17, 15) is 4.79 Å². The summed E-state index contributed by atoms with van der Waals surface area (Å²) in [4.78, 5) is 11.9. The first-order valence-corrected chi connectivity index (χ1v) is 6.15. The molecule has 2 unspecified atom stereocenters. The summed E-state index contributed by atoms with van der Waals surface area (Å²) in [5, 5.41) is 9.61. The lowest BCUT2D eigenvalue weighted by Crippen LogP contribution is -2.25. The summed E-state index contributed by atoms with van der Waals surface area (Å²) in [5.41, 5.74) is 2.19. The fourth-order valence-corrected chi connectivity index (χ4v) is 2.25. The van der Waals surface area contributed by atoms with Crippen molar-refractivity contribution in [1.29, 1.82) is 0 Å². The van der Waals surface area contributed by atoms with Crippen molar-refractivity contribution >= 4 is 5.91 Å². The average Bonchev–Trinajstić information content (AvgIpc) is 3.05. The summed E-state index contributed by atoms with van der Waals surface area (Å²) in [6.07, 6.45) is 2.64. The van der Waals surface area contributed by atoms with Crippen molar-refractivity contribution in [3.63, 3.8) is 0 Å². The molecule has 1 fully saturated rings. The minimum absolute atomic E-state index is 0.135. The Morgan fingerprint density at radius 1 is 1.33 bits per heavy atom. The maximum absolute atomic E-state index is 11.9. The minimum Gasteiger partial charge on any atom is -0.350 e. The largest absolute Gasteiger partial charge is 0.350 e. The summed E-state index contributed by atoms with van der Waals surface area (Å²) >= 11 is 0. The van der Waals surface area contributed by atoms with Crippen LogP contribution < -0.4 is 5.32 Å². The van der Waals surface area contributed by atoms with Gasteiger partial charge >= 0.3 is 0 Å². The first-order valence-electron chi connectivity index (χ1n) is 6.15. The number of aromatic amines is 1. The molecule has 0 aliphatic heterocycles. The van der Waals surface area contributed by atoms with Gasteiger partial charge in [0.2, 0.25) is 5.91 Å². The molecule has 1 saturated carbocycles. The lowest BCUT2D eigenvalue weighted by molar-refractivity contribution is -0.122. The Hall–Kier alpha value is -2.10. The molecule has 0 spiro atoms. The first kappa shape index (κ1) is 11.0. The van der Waals surface area contributed by atoms with Gasteiger partial charge in [-0.05, 0) is 24.0 Å². The zero-order chi connectivity index (χ0) is 12.4. The van der Waals surface area contributed by atoms with Gasteiger partial charge in [-0.25, -0.2) is 0 Å². The maximum Gasteiger partial charge on any atom is 0.224 e. The van der Waals surface area contributed by atoms with Gasteiger partial charge in [0.05, 0.1) is 12.2 Å². The van der Waals surface area contributed by atoms with E-state index in [1.807, 2.05) is 24.3 Å². The van der Waals surface area contributed by atoms with Gasteiger partial charge in [-0.15, -0.1) is 0 Å². The van der Waals surface area contributed by atoms with Crippen molar-refractivity contribution in [2.45, 2.75) is 18.9 Å². The van der Waals surface area contributed by atoms with Gasteiger partial charge in [-0.3, -0.25) is 9.89 Å². The van der Waals surface area contributed by atoms with E-state index in [0.29, 0.717) is 12.5 Å². The average molecular weight is 241 g/mol. The number of rotatable bonds is 4. The normalized spacial score (nSPS) is 21.6. The molecule has 1 aromatic carbocycles. The Morgan fingerprint density at radius 2 is 2.17 bits per heavy atom. The van der Waals surface area contributed by atoms with E-state index >= 15 is 0 Å². The molecule has 3 rings (SSSR count). The number of nitrogens with one attached hydrogen (secondary N) is 2. The fraction of sp³-hybridized carbons (Fsp3) is 0.286. The highest BCUT2D eigenvalue weighted by atomic mass is 16.2. The second kappa shape index (κ2) is 4.64. The number of aromatic nitrogens is 2. The van der Waals surface area contributed by atoms with Crippen LogP contribution in [-0.2, 0) is 11.3 Å². The van der Waals surface area contributed by atoms with Crippen LogP contribution in [0.25, 0.3) is 0 Å². The smallest absolute Gasteiger partial charge is 0.224 e. The Balaban J connectivity index is 1.53. The van der Waals surface area contributed by atoms with E-state index in [4.69, 9.17) is 0 Å². The summed E-state index contributed by atoms with van der Waals surface area (Å²) in [6.45, 7) is 0.525. The van der Waals surface area contributed by atoms with Gasteiger partial charge in [0.25, 0.3) is 0 Å². The molecule has 18 heavy (non-hydrogen) atoms. The predicted octanol–water partition coefficient (Wildman–Crippen LogP) is 1.83. The Labute approximate surface area is 105 Å². The standard InChI is InChI=1S/C14H15N3O/c18-14(15-9-11-6-7-16-17-11)13-8-12(13)10-4-2-1-3-5-10/h1-7,12-13H,8-9H2,(H,15,18)(H,16,17). The molecule has 1 aromatic heterocycles. The second-order valence-electron chi connectivity index (χ2n) is 4.66. The second-order valence-corrected chi connectivity index (χ2v) is 4.66. The van der Waals surface area contributed by atoms with E-state index in [1.165, 1.54) is 5.56 Å². The van der Waals surface area contributed by atoms with E-state index in [-0.39, 0.29) is 11.8 Å². The molecule has 1 heterocycles. The van der Waals surface area contributed by atoms with Gasteiger partial charge in [-0.2, -0.15) is 5.10 Å². The van der Waals surface area contributed by atoms with Crippen molar-refractivity contribution in [2.75, 3.05) is 0 Å². The third kappa shape index (κ3) is 2.27. The molecule has 1 amide bonds. The molecular formula is C14H15N3O. The van der Waals surface area contributed by atoms with Crippen molar-refractivity contribution in [1.82, 2.24) is 15.5 Å². The number of benzene rings is 1. The van der Waals surface area contributed by atoms with Crippen LogP contribution in [0.1, 0.15) is 23.6 Å². The zero-order valence-corrected chi connectivity index (χ0v) is 9.97. The lowest BCUT2D eigenvalue weighted by Gasteiger charge is -2.03. The van der Waals surface area contributed by atoms with Gasteiger partial charge in [0.15, 0.2) is 0 Å². The van der Waals surface area contributed by atoms with Crippen molar-refractivity contribution < 1.29 is 4.79 Å². The summed E-state index contributed by atoms with van der Waals surface area (Å²) < 4.78 is 0. The fourth-order valence-electron chi connectivity index (χ4n) is 2.25. The van der Waals surface area contributed by atoms with Crippen LogP contribution in [0.15, 0.2) is 42.6 Å². The molecular weight excluding hydrogens is 226 g/mol. The summed E-state index contributed by atoms with van der Waals surface area (Å²) in [6, 6.07) is 12.1. The lowest BCUT2D eigenvalue weighted by atomic mass is 10.1. The van der Waals surface area contributed by atoms with Gasteiger partial charge < -0.3 is 5.32 Å². The first-order chi connectivity index (χ1) is 8.84. The number of amides is 1. The Bertz CT molecular complexity index is 521. The van der Waals surface area contributed by atoms with Crippen LogP contribution in [-0.4, -0.2) is 16.1 Å². The number of H-pyrrole nitrogens is 1. The quantitative estimate of drug-likeness (QED) is 0.858. The maximum atomic E-state index is 11.9. The van der Waals surface area contributed by atoms with Crippen LogP contribution in [0.3, 0.4) is 0 Å². The molecule has 2 aromatic rings. The highest BCUT2D eigenvalue weighted by Gasteiger charge is 2.43. The molecule has 4 heteroatoms. The molecule has 0 bridgehead atoms. The molecule has 4 nitrogen and oxygen atoms in total. The Kier molecular flexibility index (Phi) is 2.84. The monoisotopic (exact) mass is 241 g/mol. The van der Waals surface area contributed by atoms with Gasteiger partial charge in [0, 0.05) is 12.1 Å².